The van der Waals surface area contributed by atoms with E-state index in [-0.39, 0.29) is 0 Å². The number of thiol groups is 1. The lowest BCUT2D eigenvalue weighted by Gasteiger charge is -2.07. The summed E-state index contributed by atoms with van der Waals surface area (Å²) in [5.74, 6) is 3.47. The average molecular weight is 179 g/mol. The Morgan fingerprint density at radius 1 is 1.30 bits per heavy atom. The summed E-state index contributed by atoms with van der Waals surface area (Å²) in [6, 6.07) is 0. The fourth-order valence-corrected chi connectivity index (χ4v) is 1.70. The topological polar surface area (TPSA) is 3.24 Å². The summed E-state index contributed by atoms with van der Waals surface area (Å²) in [4.78, 5) is 2.22. The Bertz CT molecular complexity index is 66.6. The summed E-state index contributed by atoms with van der Waals surface area (Å²) in [5.41, 5.74) is 0. The lowest BCUT2D eigenvalue weighted by Crippen LogP contribution is -2.13. The van der Waals surface area contributed by atoms with E-state index in [1.54, 1.807) is 0 Å². The van der Waals surface area contributed by atoms with Crippen LogP contribution < -0.4 is 0 Å². The molecule has 0 radical (unpaired) electrons. The fourth-order valence-electron chi connectivity index (χ4n) is 0.649. The van der Waals surface area contributed by atoms with Crippen molar-refractivity contribution in [3.8, 4) is 0 Å². The first-order valence-corrected chi connectivity index (χ1v) is 5.39. The highest BCUT2D eigenvalue weighted by molar-refractivity contribution is 7.99. The largest absolute Gasteiger partial charge is 0.309 e. The molecule has 0 saturated heterocycles. The van der Waals surface area contributed by atoms with Crippen LogP contribution in [-0.2, 0) is 0 Å². The molecule has 10 heavy (non-hydrogen) atoms. The molecule has 0 atom stereocenters. The van der Waals surface area contributed by atoms with Gasteiger partial charge in [0.1, 0.15) is 0 Å². The lowest BCUT2D eigenvalue weighted by atomic mass is 10.5. The molecule has 0 spiro atoms. The lowest BCUT2D eigenvalue weighted by molar-refractivity contribution is 0.410. The quantitative estimate of drug-likeness (QED) is 0.487. The molecule has 0 aliphatic heterocycles. The molecule has 0 N–H and O–H groups in total. The maximum atomic E-state index is 4.13. The van der Waals surface area contributed by atoms with Crippen molar-refractivity contribution in [1.82, 2.24) is 4.90 Å². The van der Waals surface area contributed by atoms with Gasteiger partial charge in [-0.15, -0.1) is 0 Å². The minimum atomic E-state index is 1.01. The van der Waals surface area contributed by atoms with Crippen LogP contribution in [0.15, 0.2) is 0 Å². The first-order valence-electron chi connectivity index (χ1n) is 3.60. The molecule has 0 rings (SSSR count). The third-order valence-electron chi connectivity index (χ3n) is 1.13. The van der Waals surface area contributed by atoms with Crippen molar-refractivity contribution in [2.24, 2.45) is 0 Å². The van der Waals surface area contributed by atoms with E-state index in [9.17, 15) is 0 Å². The molecular weight excluding hydrogens is 162 g/mol. The Morgan fingerprint density at radius 3 is 2.50 bits per heavy atom. The van der Waals surface area contributed by atoms with Gasteiger partial charge >= 0.3 is 0 Å². The van der Waals surface area contributed by atoms with Gasteiger partial charge in [0, 0.05) is 5.75 Å². The van der Waals surface area contributed by atoms with Crippen molar-refractivity contribution in [2.45, 2.75) is 6.42 Å². The van der Waals surface area contributed by atoms with E-state index in [1.807, 2.05) is 11.8 Å². The van der Waals surface area contributed by atoms with Gasteiger partial charge in [0.2, 0.25) is 0 Å². The van der Waals surface area contributed by atoms with Gasteiger partial charge in [-0.25, -0.2) is 0 Å². The number of thioether (sulfide) groups is 1. The van der Waals surface area contributed by atoms with Gasteiger partial charge in [0.05, 0.1) is 0 Å². The normalized spacial score (nSPS) is 10.8. The zero-order chi connectivity index (χ0) is 7.82. The highest BCUT2D eigenvalue weighted by Gasteiger charge is 1.90. The fraction of sp³-hybridized carbons (Fsp3) is 1.00. The van der Waals surface area contributed by atoms with Gasteiger partial charge < -0.3 is 4.90 Å². The van der Waals surface area contributed by atoms with Crippen molar-refractivity contribution in [2.75, 3.05) is 37.9 Å². The van der Waals surface area contributed by atoms with E-state index in [0.29, 0.717) is 0 Å². The molecule has 0 amide bonds. The molecule has 3 heteroatoms. The molecule has 0 heterocycles. The van der Waals surface area contributed by atoms with Gasteiger partial charge in [0.15, 0.2) is 0 Å². The third-order valence-corrected chi connectivity index (χ3v) is 2.73. The molecule has 0 fully saturated rings. The molecule has 0 aliphatic rings. The van der Waals surface area contributed by atoms with Gasteiger partial charge in [-0.05, 0) is 38.6 Å². The van der Waals surface area contributed by atoms with Crippen molar-refractivity contribution in [3.05, 3.63) is 0 Å². The van der Waals surface area contributed by atoms with Crippen LogP contribution in [0.25, 0.3) is 0 Å². The summed E-state index contributed by atoms with van der Waals surface area (Å²) in [6.07, 6.45) is 1.30. The van der Waals surface area contributed by atoms with E-state index < -0.39 is 0 Å². The van der Waals surface area contributed by atoms with Gasteiger partial charge in [-0.3, -0.25) is 0 Å². The number of hydrogen-bond acceptors (Lipinski definition) is 3. The Morgan fingerprint density at radius 2 is 2.00 bits per heavy atom. The van der Waals surface area contributed by atoms with Crippen molar-refractivity contribution < 1.29 is 0 Å². The highest BCUT2D eigenvalue weighted by atomic mass is 32.2. The first-order chi connectivity index (χ1) is 4.77. The molecule has 0 bridgehead atoms. The van der Waals surface area contributed by atoms with Crippen LogP contribution in [0.1, 0.15) is 6.42 Å². The number of hydrogen-bond donors (Lipinski definition) is 1. The molecule has 0 saturated carbocycles. The summed E-state index contributed by atoms with van der Waals surface area (Å²) in [6.45, 7) is 1.21. The zero-order valence-corrected chi connectivity index (χ0v) is 8.55. The predicted octanol–water partition coefficient (Wildman–Crippen LogP) is 1.60. The first kappa shape index (κ1) is 10.7. The monoisotopic (exact) mass is 179 g/mol. The second-order valence-electron chi connectivity index (χ2n) is 2.49. The third kappa shape index (κ3) is 8.66. The van der Waals surface area contributed by atoms with E-state index in [0.717, 1.165) is 5.75 Å². The highest BCUT2D eigenvalue weighted by Crippen LogP contribution is 2.02. The van der Waals surface area contributed by atoms with Crippen LogP contribution in [0.5, 0.6) is 0 Å². The average Bonchev–Trinajstić information content (AvgIpc) is 1.87. The van der Waals surface area contributed by atoms with Crippen LogP contribution in [-0.4, -0.2) is 42.8 Å². The number of nitrogens with zero attached hydrogens (tertiary/aromatic N) is 1. The molecule has 0 aromatic rings. The van der Waals surface area contributed by atoms with Crippen LogP contribution in [0.3, 0.4) is 0 Å². The summed E-state index contributed by atoms with van der Waals surface area (Å²) < 4.78 is 0. The van der Waals surface area contributed by atoms with E-state index in [1.165, 1.54) is 24.5 Å². The predicted molar refractivity (Wildman–Crippen MR) is 54.3 cm³/mol. The standard InChI is InChI=1S/C7H17NS2/c1-8(2)4-3-6-10-7-5-9/h9H,3-7H2,1-2H3. The maximum absolute atomic E-state index is 4.13. The summed E-state index contributed by atoms with van der Waals surface area (Å²) in [7, 11) is 4.23. The summed E-state index contributed by atoms with van der Waals surface area (Å²) in [5, 5.41) is 0. The van der Waals surface area contributed by atoms with Crippen molar-refractivity contribution in [3.63, 3.8) is 0 Å². The molecule has 0 unspecified atom stereocenters. The second-order valence-corrected chi connectivity index (χ2v) is 4.16. The van der Waals surface area contributed by atoms with Crippen LogP contribution >= 0.6 is 24.4 Å². The zero-order valence-electron chi connectivity index (χ0n) is 6.84. The van der Waals surface area contributed by atoms with Crippen LogP contribution in [0, 0.1) is 0 Å². The minimum Gasteiger partial charge on any atom is -0.309 e. The van der Waals surface area contributed by atoms with Gasteiger partial charge in [-0.1, -0.05) is 0 Å². The molecular formula is C7H17NS2. The SMILES string of the molecule is CN(C)CCCSCCS. The maximum Gasteiger partial charge on any atom is 0.00210 e. The molecule has 0 aromatic heterocycles. The Labute approximate surface area is 74.0 Å². The van der Waals surface area contributed by atoms with Gasteiger partial charge in [0.25, 0.3) is 0 Å². The van der Waals surface area contributed by atoms with E-state index in [2.05, 4.69) is 31.6 Å². The van der Waals surface area contributed by atoms with E-state index in [4.69, 9.17) is 0 Å². The molecule has 0 aromatic carbocycles. The minimum absolute atomic E-state index is 1.01. The Kier molecular flexibility index (Phi) is 8.28. The van der Waals surface area contributed by atoms with Crippen molar-refractivity contribution >= 4 is 24.4 Å². The Hall–Kier alpha value is 0.660. The van der Waals surface area contributed by atoms with Crippen LogP contribution in [0.4, 0.5) is 0 Å². The summed E-state index contributed by atoms with van der Waals surface area (Å²) >= 11 is 6.12. The second kappa shape index (κ2) is 7.76. The van der Waals surface area contributed by atoms with Crippen molar-refractivity contribution in [1.29, 1.82) is 0 Å². The smallest absolute Gasteiger partial charge is 0.00210 e. The van der Waals surface area contributed by atoms with Gasteiger partial charge in [-0.2, -0.15) is 24.4 Å². The molecule has 62 valence electrons. The molecule has 0 aliphatic carbocycles. The number of rotatable bonds is 6. The molecule has 1 nitrogen and oxygen atoms in total. The van der Waals surface area contributed by atoms with Crippen LogP contribution in [0.2, 0.25) is 0 Å². The van der Waals surface area contributed by atoms with E-state index >= 15 is 0 Å². The Balaban J connectivity index is 2.77.